The van der Waals surface area contributed by atoms with Gasteiger partial charge in [-0.15, -0.1) is 0 Å². The minimum atomic E-state index is -1.01. The summed E-state index contributed by atoms with van der Waals surface area (Å²) in [5.74, 6) is -3.53. The first kappa shape index (κ1) is 17.0. The summed E-state index contributed by atoms with van der Waals surface area (Å²) < 4.78 is 32.7. The average Bonchev–Trinajstić information content (AvgIpc) is 3.24. The monoisotopic (exact) mass is 350 g/mol. The molecule has 2 aromatic rings. The molecule has 1 aliphatic rings. The van der Waals surface area contributed by atoms with Gasteiger partial charge >= 0.3 is 0 Å². The number of rotatable bonds is 5. The number of amides is 2. The van der Waals surface area contributed by atoms with Crippen LogP contribution >= 0.6 is 0 Å². The summed E-state index contributed by atoms with van der Waals surface area (Å²) in [6.45, 7) is 0.986. The predicted molar refractivity (Wildman–Crippen MR) is 84.2 cm³/mol. The van der Waals surface area contributed by atoms with Crippen LogP contribution < -0.4 is 10.6 Å². The van der Waals surface area contributed by atoms with Crippen molar-refractivity contribution in [2.24, 2.45) is 0 Å². The van der Waals surface area contributed by atoms with E-state index in [1.165, 1.54) is 6.20 Å². The second-order valence-electron chi connectivity index (χ2n) is 5.54. The van der Waals surface area contributed by atoms with Crippen LogP contribution in [0.4, 0.5) is 14.5 Å². The van der Waals surface area contributed by atoms with Crippen LogP contribution in [0.1, 0.15) is 33.7 Å². The highest BCUT2D eigenvalue weighted by molar-refractivity contribution is 6.08. The molecule has 1 unspecified atom stereocenters. The minimum Gasteiger partial charge on any atom is -0.376 e. The molecule has 0 bridgehead atoms. The van der Waals surface area contributed by atoms with Crippen LogP contribution in [0.3, 0.4) is 0 Å². The summed E-state index contributed by atoms with van der Waals surface area (Å²) in [4.78, 5) is 24.3. The number of ether oxygens (including phenoxy) is 1. The van der Waals surface area contributed by atoms with Crippen LogP contribution in [0.5, 0.6) is 0 Å². The lowest BCUT2D eigenvalue weighted by atomic mass is 10.2. The third kappa shape index (κ3) is 3.82. The first-order chi connectivity index (χ1) is 12.1. The highest BCUT2D eigenvalue weighted by Gasteiger charge is 2.22. The van der Waals surface area contributed by atoms with Gasteiger partial charge in [0.2, 0.25) is 0 Å². The number of aromatic amines is 1. The van der Waals surface area contributed by atoms with E-state index in [1.54, 1.807) is 0 Å². The number of carbonyl (C=O) groups excluding carboxylic acids is 2. The molecular formula is C16H16F2N4O3. The van der Waals surface area contributed by atoms with E-state index in [0.717, 1.165) is 31.0 Å². The standard InChI is InChI=1S/C16H16F2N4O3/c17-10-4-1-5-11(18)13(10)15(23)21-12-8-20-22-14(12)16(24)19-7-9-3-2-6-25-9/h1,4-5,8-9H,2-3,6-7H2,(H,19,24)(H,20,22)(H,21,23). The zero-order valence-electron chi connectivity index (χ0n) is 13.1. The van der Waals surface area contributed by atoms with Gasteiger partial charge in [0.1, 0.15) is 17.2 Å². The molecule has 0 radical (unpaired) electrons. The van der Waals surface area contributed by atoms with E-state index in [1.807, 2.05) is 0 Å². The van der Waals surface area contributed by atoms with Gasteiger partial charge in [0.05, 0.1) is 11.8 Å². The third-order valence-corrected chi connectivity index (χ3v) is 3.81. The molecule has 7 nitrogen and oxygen atoms in total. The highest BCUT2D eigenvalue weighted by Crippen LogP contribution is 2.17. The van der Waals surface area contributed by atoms with Crippen LogP contribution in [0.25, 0.3) is 0 Å². The van der Waals surface area contributed by atoms with Crippen LogP contribution in [0.15, 0.2) is 24.4 Å². The molecule has 1 aliphatic heterocycles. The van der Waals surface area contributed by atoms with Gasteiger partial charge in [-0.3, -0.25) is 14.7 Å². The number of nitrogens with zero attached hydrogens (tertiary/aromatic N) is 1. The van der Waals surface area contributed by atoms with Crippen molar-refractivity contribution in [3.05, 3.63) is 47.3 Å². The molecule has 3 N–H and O–H groups in total. The summed E-state index contributed by atoms with van der Waals surface area (Å²) >= 11 is 0. The molecule has 1 saturated heterocycles. The van der Waals surface area contributed by atoms with Gasteiger partial charge in [-0.25, -0.2) is 8.78 Å². The Bertz CT molecular complexity index is 767. The van der Waals surface area contributed by atoms with Crippen molar-refractivity contribution in [1.82, 2.24) is 15.5 Å². The van der Waals surface area contributed by atoms with Crippen molar-refractivity contribution in [3.8, 4) is 0 Å². The SMILES string of the molecule is O=C(NCC1CCCO1)c1n[nH]cc1NC(=O)c1c(F)cccc1F. The molecule has 25 heavy (non-hydrogen) atoms. The topological polar surface area (TPSA) is 96.1 Å². The maximum absolute atomic E-state index is 13.7. The Labute approximate surface area is 141 Å². The normalized spacial score (nSPS) is 16.6. The Morgan fingerprint density at radius 3 is 2.72 bits per heavy atom. The molecule has 2 heterocycles. The lowest BCUT2D eigenvalue weighted by Gasteiger charge is -2.11. The maximum Gasteiger partial charge on any atom is 0.274 e. The van der Waals surface area contributed by atoms with E-state index in [9.17, 15) is 18.4 Å². The molecule has 1 aromatic carbocycles. The molecular weight excluding hydrogens is 334 g/mol. The molecule has 1 fully saturated rings. The first-order valence-electron chi connectivity index (χ1n) is 7.75. The van der Waals surface area contributed by atoms with Gasteiger partial charge in [-0.05, 0) is 25.0 Å². The van der Waals surface area contributed by atoms with Crippen LogP contribution in [-0.4, -0.2) is 41.3 Å². The molecule has 2 amide bonds. The fraction of sp³-hybridized carbons (Fsp3) is 0.312. The summed E-state index contributed by atoms with van der Waals surface area (Å²) in [5, 5.41) is 11.2. The van der Waals surface area contributed by atoms with E-state index in [2.05, 4.69) is 20.8 Å². The molecule has 0 aliphatic carbocycles. The Morgan fingerprint density at radius 2 is 2.04 bits per heavy atom. The fourth-order valence-electron chi connectivity index (χ4n) is 2.55. The second-order valence-corrected chi connectivity index (χ2v) is 5.54. The number of halogens is 2. The van der Waals surface area contributed by atoms with Crippen molar-refractivity contribution in [3.63, 3.8) is 0 Å². The Morgan fingerprint density at radius 1 is 1.28 bits per heavy atom. The zero-order chi connectivity index (χ0) is 17.8. The molecule has 1 aromatic heterocycles. The van der Waals surface area contributed by atoms with Gasteiger partial charge in [0, 0.05) is 19.3 Å². The molecule has 0 spiro atoms. The number of anilines is 1. The van der Waals surface area contributed by atoms with Gasteiger partial charge in [0.15, 0.2) is 5.69 Å². The van der Waals surface area contributed by atoms with Crippen LogP contribution in [0, 0.1) is 11.6 Å². The molecule has 9 heteroatoms. The van der Waals surface area contributed by atoms with Crippen LogP contribution in [0.2, 0.25) is 0 Å². The van der Waals surface area contributed by atoms with E-state index in [4.69, 9.17) is 4.74 Å². The minimum absolute atomic E-state index is 0.0255. The second kappa shape index (κ2) is 7.39. The number of aromatic nitrogens is 2. The van der Waals surface area contributed by atoms with Crippen molar-refractivity contribution in [2.45, 2.75) is 18.9 Å². The largest absolute Gasteiger partial charge is 0.376 e. The van der Waals surface area contributed by atoms with Crippen LogP contribution in [-0.2, 0) is 4.74 Å². The smallest absolute Gasteiger partial charge is 0.274 e. The average molecular weight is 350 g/mol. The predicted octanol–water partition coefficient (Wildman–Crippen LogP) is 1.85. The number of nitrogens with one attached hydrogen (secondary N) is 3. The number of hydrogen-bond donors (Lipinski definition) is 3. The van der Waals surface area contributed by atoms with Crippen molar-refractivity contribution in [2.75, 3.05) is 18.5 Å². The number of benzene rings is 1. The summed E-state index contributed by atoms with van der Waals surface area (Å²) in [7, 11) is 0. The lowest BCUT2D eigenvalue weighted by Crippen LogP contribution is -2.32. The quantitative estimate of drug-likeness (QED) is 0.767. The van der Waals surface area contributed by atoms with Crippen molar-refractivity contribution in [1.29, 1.82) is 0 Å². The Kier molecular flexibility index (Phi) is 5.03. The molecule has 1 atom stereocenters. The first-order valence-corrected chi connectivity index (χ1v) is 7.75. The number of carbonyl (C=O) groups is 2. The molecule has 0 saturated carbocycles. The van der Waals surface area contributed by atoms with E-state index < -0.39 is 29.0 Å². The molecule has 132 valence electrons. The van der Waals surface area contributed by atoms with Gasteiger partial charge in [-0.2, -0.15) is 5.10 Å². The number of hydrogen-bond acceptors (Lipinski definition) is 4. The maximum atomic E-state index is 13.7. The Hall–Kier alpha value is -2.81. The van der Waals surface area contributed by atoms with E-state index >= 15 is 0 Å². The van der Waals surface area contributed by atoms with Gasteiger partial charge in [0.25, 0.3) is 11.8 Å². The van der Waals surface area contributed by atoms with Crippen molar-refractivity contribution < 1.29 is 23.1 Å². The van der Waals surface area contributed by atoms with Gasteiger partial charge < -0.3 is 15.4 Å². The third-order valence-electron chi connectivity index (χ3n) is 3.81. The summed E-state index contributed by atoms with van der Waals surface area (Å²) in [6, 6.07) is 3.11. The van der Waals surface area contributed by atoms with Gasteiger partial charge in [-0.1, -0.05) is 6.07 Å². The van der Waals surface area contributed by atoms with E-state index in [0.29, 0.717) is 13.2 Å². The summed E-state index contributed by atoms with van der Waals surface area (Å²) in [5.41, 5.74) is -0.782. The summed E-state index contributed by atoms with van der Waals surface area (Å²) in [6.07, 6.45) is 3.01. The zero-order valence-corrected chi connectivity index (χ0v) is 13.1. The Balaban J connectivity index is 1.68. The van der Waals surface area contributed by atoms with E-state index in [-0.39, 0.29) is 17.5 Å². The highest BCUT2D eigenvalue weighted by atomic mass is 19.1. The fourth-order valence-corrected chi connectivity index (χ4v) is 2.55. The molecule has 3 rings (SSSR count). The van der Waals surface area contributed by atoms with Crippen molar-refractivity contribution >= 4 is 17.5 Å². The number of H-pyrrole nitrogens is 1. The lowest BCUT2D eigenvalue weighted by molar-refractivity contribution is 0.0854.